The average molecular weight is 305 g/mol. The minimum atomic E-state index is -0.349. The smallest absolute Gasteiger partial charge is 0.134 e. The maximum atomic E-state index is 13.3. The van der Waals surface area contributed by atoms with Crippen LogP contribution in [0.1, 0.15) is 22.9 Å². The van der Waals surface area contributed by atoms with E-state index in [1.807, 2.05) is 25.1 Å². The number of fused-ring (bicyclic) bond motifs is 1. The lowest BCUT2D eigenvalue weighted by Crippen LogP contribution is -2.28. The number of aryl methyl sites for hydroxylation is 1. The van der Waals surface area contributed by atoms with Gasteiger partial charge in [0.1, 0.15) is 23.2 Å². The van der Waals surface area contributed by atoms with E-state index in [-0.39, 0.29) is 11.9 Å². The molecule has 0 aliphatic heterocycles. The highest BCUT2D eigenvalue weighted by Gasteiger charge is 2.18. The summed E-state index contributed by atoms with van der Waals surface area (Å²) in [5.41, 5.74) is 5.25. The van der Waals surface area contributed by atoms with Crippen LogP contribution in [0, 0.1) is 12.7 Å². The highest BCUT2D eigenvalue weighted by molar-refractivity contribution is 6.30. The van der Waals surface area contributed by atoms with Crippen LogP contribution in [0.2, 0.25) is 5.02 Å². The molecule has 0 aliphatic carbocycles. The first-order valence-corrected chi connectivity index (χ1v) is 6.87. The second-order valence-corrected chi connectivity index (χ2v) is 5.43. The molecule has 0 saturated carbocycles. The molecule has 0 fully saturated rings. The summed E-state index contributed by atoms with van der Waals surface area (Å²) in [6.07, 6.45) is 0. The minimum Gasteiger partial charge on any atom is -0.459 e. The third-order valence-corrected chi connectivity index (χ3v) is 3.56. The molecule has 0 bridgehead atoms. The summed E-state index contributed by atoms with van der Waals surface area (Å²) in [5.74, 6) is 5.97. The Kier molecular flexibility index (Phi) is 3.68. The molecule has 21 heavy (non-hydrogen) atoms. The van der Waals surface area contributed by atoms with Crippen LogP contribution in [-0.2, 0) is 0 Å². The van der Waals surface area contributed by atoms with Crippen molar-refractivity contribution in [2.45, 2.75) is 13.0 Å². The van der Waals surface area contributed by atoms with E-state index in [0.29, 0.717) is 21.8 Å². The Morgan fingerprint density at radius 2 is 2.00 bits per heavy atom. The van der Waals surface area contributed by atoms with Gasteiger partial charge in [-0.25, -0.2) is 9.82 Å². The summed E-state index contributed by atoms with van der Waals surface area (Å²) in [4.78, 5) is 0. The quantitative estimate of drug-likeness (QED) is 0.566. The standard InChI is InChI=1S/C16H14ClFN2O/c1-9-4-11(6-12(17)5-9)16(20-19)15-8-10-7-13(18)2-3-14(10)21-15/h2-8,16,20H,19H2,1H3. The predicted molar refractivity (Wildman–Crippen MR) is 81.5 cm³/mol. The second kappa shape index (κ2) is 5.48. The molecule has 108 valence electrons. The van der Waals surface area contributed by atoms with Crippen LogP contribution in [0.25, 0.3) is 11.0 Å². The maximum absolute atomic E-state index is 13.3. The van der Waals surface area contributed by atoms with Gasteiger partial charge in [0.2, 0.25) is 0 Å². The molecule has 1 aromatic heterocycles. The average Bonchev–Trinajstić information content (AvgIpc) is 2.81. The van der Waals surface area contributed by atoms with Crippen molar-refractivity contribution < 1.29 is 8.81 Å². The molecule has 2 aromatic carbocycles. The largest absolute Gasteiger partial charge is 0.459 e. The SMILES string of the molecule is Cc1cc(Cl)cc(C(NN)c2cc3cc(F)ccc3o2)c1. The molecule has 1 unspecified atom stereocenters. The summed E-state index contributed by atoms with van der Waals surface area (Å²) in [7, 11) is 0. The van der Waals surface area contributed by atoms with Gasteiger partial charge in [-0.15, -0.1) is 0 Å². The number of rotatable bonds is 3. The fourth-order valence-electron chi connectivity index (χ4n) is 2.45. The summed E-state index contributed by atoms with van der Waals surface area (Å²) >= 11 is 6.09. The van der Waals surface area contributed by atoms with E-state index in [0.717, 1.165) is 11.1 Å². The number of hydrogen-bond acceptors (Lipinski definition) is 3. The molecule has 1 heterocycles. The molecule has 0 spiro atoms. The van der Waals surface area contributed by atoms with Gasteiger partial charge in [0, 0.05) is 10.4 Å². The molecule has 3 nitrogen and oxygen atoms in total. The Balaban J connectivity index is 2.08. The molecule has 3 N–H and O–H groups in total. The van der Waals surface area contributed by atoms with Crippen LogP contribution >= 0.6 is 11.6 Å². The number of halogens is 2. The van der Waals surface area contributed by atoms with Gasteiger partial charge in [-0.1, -0.05) is 17.7 Å². The first-order chi connectivity index (χ1) is 10.1. The van der Waals surface area contributed by atoms with E-state index in [1.165, 1.54) is 12.1 Å². The predicted octanol–water partition coefficient (Wildman–Crippen LogP) is 4.09. The number of furan rings is 1. The van der Waals surface area contributed by atoms with Crippen molar-refractivity contribution in [2.75, 3.05) is 0 Å². The van der Waals surface area contributed by atoms with Gasteiger partial charge < -0.3 is 4.42 Å². The van der Waals surface area contributed by atoms with Gasteiger partial charge in [0.25, 0.3) is 0 Å². The van der Waals surface area contributed by atoms with Crippen molar-refractivity contribution in [3.05, 3.63) is 70.2 Å². The minimum absolute atomic E-state index is 0.300. The molecule has 0 aliphatic rings. The zero-order valence-corrected chi connectivity index (χ0v) is 12.1. The number of nitrogens with one attached hydrogen (secondary N) is 1. The summed E-state index contributed by atoms with van der Waals surface area (Å²) in [6.45, 7) is 1.96. The van der Waals surface area contributed by atoms with E-state index in [2.05, 4.69) is 5.43 Å². The van der Waals surface area contributed by atoms with Gasteiger partial charge in [0.15, 0.2) is 0 Å². The molecule has 0 saturated heterocycles. The topological polar surface area (TPSA) is 51.2 Å². The van der Waals surface area contributed by atoms with Crippen LogP contribution < -0.4 is 11.3 Å². The lowest BCUT2D eigenvalue weighted by atomic mass is 10.0. The molecular formula is C16H14ClFN2O. The van der Waals surface area contributed by atoms with Crippen LogP contribution in [0.4, 0.5) is 4.39 Å². The number of nitrogens with two attached hydrogens (primary N) is 1. The van der Waals surface area contributed by atoms with Crippen molar-refractivity contribution in [1.29, 1.82) is 0 Å². The summed E-state index contributed by atoms with van der Waals surface area (Å²) in [5, 5.41) is 1.33. The van der Waals surface area contributed by atoms with Crippen molar-refractivity contribution in [1.82, 2.24) is 5.43 Å². The van der Waals surface area contributed by atoms with Crippen molar-refractivity contribution in [3.8, 4) is 0 Å². The van der Waals surface area contributed by atoms with E-state index in [9.17, 15) is 4.39 Å². The van der Waals surface area contributed by atoms with Gasteiger partial charge in [0.05, 0.1) is 0 Å². The third-order valence-electron chi connectivity index (χ3n) is 3.35. The normalized spacial score (nSPS) is 12.8. The van der Waals surface area contributed by atoms with E-state index < -0.39 is 0 Å². The van der Waals surface area contributed by atoms with Crippen LogP contribution in [0.5, 0.6) is 0 Å². The summed E-state index contributed by atoms with van der Waals surface area (Å²) < 4.78 is 19.0. The van der Waals surface area contributed by atoms with E-state index in [4.69, 9.17) is 21.9 Å². The zero-order chi connectivity index (χ0) is 15.0. The Hall–Kier alpha value is -1.88. The van der Waals surface area contributed by atoms with E-state index >= 15 is 0 Å². The van der Waals surface area contributed by atoms with Crippen LogP contribution in [0.3, 0.4) is 0 Å². The highest BCUT2D eigenvalue weighted by atomic mass is 35.5. The molecule has 3 aromatic rings. The fraction of sp³-hybridized carbons (Fsp3) is 0.125. The third kappa shape index (κ3) is 2.78. The summed E-state index contributed by atoms with van der Waals surface area (Å²) in [6, 6.07) is 11.5. The fourth-order valence-corrected chi connectivity index (χ4v) is 2.75. The lowest BCUT2D eigenvalue weighted by molar-refractivity contribution is 0.477. The number of benzene rings is 2. The monoisotopic (exact) mass is 304 g/mol. The van der Waals surface area contributed by atoms with Crippen LogP contribution in [-0.4, -0.2) is 0 Å². The van der Waals surface area contributed by atoms with E-state index in [1.54, 1.807) is 12.1 Å². The van der Waals surface area contributed by atoms with Crippen molar-refractivity contribution in [3.63, 3.8) is 0 Å². The molecular weight excluding hydrogens is 291 g/mol. The number of hydrogen-bond donors (Lipinski definition) is 2. The van der Waals surface area contributed by atoms with Gasteiger partial charge in [-0.05, 0) is 54.4 Å². The Morgan fingerprint density at radius 3 is 2.71 bits per heavy atom. The van der Waals surface area contributed by atoms with Gasteiger partial charge in [-0.2, -0.15) is 0 Å². The van der Waals surface area contributed by atoms with Gasteiger partial charge >= 0.3 is 0 Å². The molecule has 0 radical (unpaired) electrons. The van der Waals surface area contributed by atoms with Crippen LogP contribution in [0.15, 0.2) is 46.9 Å². The zero-order valence-electron chi connectivity index (χ0n) is 11.4. The maximum Gasteiger partial charge on any atom is 0.134 e. The highest BCUT2D eigenvalue weighted by Crippen LogP contribution is 2.30. The lowest BCUT2D eigenvalue weighted by Gasteiger charge is -2.14. The Bertz CT molecular complexity index is 780. The first-order valence-electron chi connectivity index (χ1n) is 6.49. The van der Waals surface area contributed by atoms with Gasteiger partial charge in [-0.3, -0.25) is 5.84 Å². The molecule has 3 rings (SSSR count). The van der Waals surface area contributed by atoms with Crippen molar-refractivity contribution >= 4 is 22.6 Å². The van der Waals surface area contributed by atoms with Crippen molar-refractivity contribution in [2.24, 2.45) is 5.84 Å². The first kappa shape index (κ1) is 14.1. The Morgan fingerprint density at radius 1 is 1.19 bits per heavy atom. The molecule has 1 atom stereocenters. The Labute approximate surface area is 126 Å². The molecule has 0 amide bonds. The molecule has 5 heteroatoms. The second-order valence-electron chi connectivity index (χ2n) is 4.99. The number of hydrazine groups is 1.